The molecule has 0 aromatic heterocycles. The second kappa shape index (κ2) is 3.93. The summed E-state index contributed by atoms with van der Waals surface area (Å²) in [4.78, 5) is 0. The maximum absolute atomic E-state index is 6.70. The smallest absolute Gasteiger partial charge is 0.0400 e. The summed E-state index contributed by atoms with van der Waals surface area (Å²) in [6.07, 6.45) is 8.79. The third-order valence-electron chi connectivity index (χ3n) is 4.75. The summed E-state index contributed by atoms with van der Waals surface area (Å²) in [5.74, 6) is 2.28. The molecule has 0 heterocycles. The van der Waals surface area contributed by atoms with Gasteiger partial charge in [-0.1, -0.05) is 38.8 Å². The molecular weight excluding hydrogens is 182 g/mol. The van der Waals surface area contributed by atoms with E-state index in [-0.39, 0.29) is 5.54 Å². The molecule has 1 nitrogen and oxygen atoms in total. The van der Waals surface area contributed by atoms with E-state index in [1.54, 1.807) is 5.57 Å². The van der Waals surface area contributed by atoms with Crippen molar-refractivity contribution in [2.45, 2.75) is 58.4 Å². The number of allylic oxidation sites excluding steroid dienone is 1. The number of hydrogen-bond donors (Lipinski definition) is 1. The van der Waals surface area contributed by atoms with Gasteiger partial charge in [-0.25, -0.2) is 0 Å². The Balaban J connectivity index is 2.31. The van der Waals surface area contributed by atoms with Crippen LogP contribution in [0.25, 0.3) is 0 Å². The van der Waals surface area contributed by atoms with Gasteiger partial charge in [0.15, 0.2) is 0 Å². The van der Waals surface area contributed by atoms with Crippen molar-refractivity contribution >= 4 is 0 Å². The first kappa shape index (κ1) is 11.2. The molecule has 1 saturated carbocycles. The molecule has 2 aliphatic rings. The van der Waals surface area contributed by atoms with Crippen LogP contribution in [0.2, 0.25) is 0 Å². The zero-order chi connectivity index (χ0) is 11.1. The fourth-order valence-corrected chi connectivity index (χ4v) is 3.81. The predicted octanol–water partition coefficient (Wildman–Crippen LogP) is 3.50. The SMILES string of the molecule is CCC1C(C)CCC2=C[C@H](C)CCC21N. The van der Waals surface area contributed by atoms with Gasteiger partial charge >= 0.3 is 0 Å². The Morgan fingerprint density at radius 2 is 2.13 bits per heavy atom. The van der Waals surface area contributed by atoms with Gasteiger partial charge in [-0.2, -0.15) is 0 Å². The van der Waals surface area contributed by atoms with E-state index in [2.05, 4.69) is 26.8 Å². The lowest BCUT2D eigenvalue weighted by molar-refractivity contribution is 0.151. The first-order chi connectivity index (χ1) is 7.08. The van der Waals surface area contributed by atoms with Crippen molar-refractivity contribution in [2.24, 2.45) is 23.5 Å². The molecule has 4 atom stereocenters. The normalized spacial score (nSPS) is 45.9. The summed E-state index contributed by atoms with van der Waals surface area (Å²) in [5, 5.41) is 0. The number of nitrogens with two attached hydrogens (primary N) is 1. The highest BCUT2D eigenvalue weighted by Gasteiger charge is 2.44. The van der Waals surface area contributed by atoms with E-state index in [0.717, 1.165) is 11.8 Å². The van der Waals surface area contributed by atoms with Crippen LogP contribution in [-0.2, 0) is 0 Å². The zero-order valence-electron chi connectivity index (χ0n) is 10.4. The summed E-state index contributed by atoms with van der Waals surface area (Å²) in [5.41, 5.74) is 8.33. The number of rotatable bonds is 1. The molecule has 1 fully saturated rings. The van der Waals surface area contributed by atoms with Crippen molar-refractivity contribution in [2.75, 3.05) is 0 Å². The van der Waals surface area contributed by atoms with Crippen LogP contribution in [0.1, 0.15) is 52.9 Å². The van der Waals surface area contributed by atoms with E-state index in [9.17, 15) is 0 Å². The monoisotopic (exact) mass is 207 g/mol. The Kier molecular flexibility index (Phi) is 2.94. The van der Waals surface area contributed by atoms with Gasteiger partial charge in [-0.3, -0.25) is 0 Å². The molecule has 0 radical (unpaired) electrons. The molecule has 0 bridgehead atoms. The standard InChI is InChI=1S/C14H25N/c1-4-13-11(3)5-6-12-9-10(2)7-8-14(12,13)15/h9-11,13H,4-8,15H2,1-3H3/t10-,11?,13?,14?/m1/s1. The van der Waals surface area contributed by atoms with E-state index >= 15 is 0 Å². The molecule has 1 heteroatoms. The zero-order valence-corrected chi connectivity index (χ0v) is 10.4. The average Bonchev–Trinajstić information content (AvgIpc) is 2.20. The number of hydrogen-bond acceptors (Lipinski definition) is 1. The molecule has 0 aliphatic heterocycles. The van der Waals surface area contributed by atoms with Crippen molar-refractivity contribution < 1.29 is 0 Å². The van der Waals surface area contributed by atoms with Gasteiger partial charge in [0.05, 0.1) is 0 Å². The van der Waals surface area contributed by atoms with Crippen LogP contribution >= 0.6 is 0 Å². The minimum atomic E-state index is 0.0545. The third-order valence-corrected chi connectivity index (χ3v) is 4.75. The lowest BCUT2D eigenvalue weighted by Crippen LogP contribution is -2.55. The van der Waals surface area contributed by atoms with E-state index < -0.39 is 0 Å². The maximum Gasteiger partial charge on any atom is 0.0400 e. The van der Waals surface area contributed by atoms with Gasteiger partial charge in [0.2, 0.25) is 0 Å². The molecule has 2 aliphatic carbocycles. The summed E-state index contributed by atoms with van der Waals surface area (Å²) in [7, 11) is 0. The molecule has 15 heavy (non-hydrogen) atoms. The molecule has 0 aromatic carbocycles. The first-order valence-electron chi connectivity index (χ1n) is 6.58. The molecule has 0 amide bonds. The minimum absolute atomic E-state index is 0.0545. The van der Waals surface area contributed by atoms with Crippen LogP contribution in [0.3, 0.4) is 0 Å². The molecule has 3 unspecified atom stereocenters. The van der Waals surface area contributed by atoms with E-state index in [4.69, 9.17) is 5.73 Å². The highest BCUT2D eigenvalue weighted by atomic mass is 14.8. The first-order valence-corrected chi connectivity index (χ1v) is 6.58. The fourth-order valence-electron chi connectivity index (χ4n) is 3.81. The lowest BCUT2D eigenvalue weighted by atomic mass is 9.60. The van der Waals surface area contributed by atoms with Crippen LogP contribution in [0.4, 0.5) is 0 Å². The Labute approximate surface area is 94.1 Å². The molecule has 0 aromatic rings. The van der Waals surface area contributed by atoms with Crippen molar-refractivity contribution in [3.8, 4) is 0 Å². The topological polar surface area (TPSA) is 26.0 Å². The lowest BCUT2D eigenvalue weighted by Gasteiger charge is -2.49. The average molecular weight is 207 g/mol. The Morgan fingerprint density at radius 1 is 1.40 bits per heavy atom. The van der Waals surface area contributed by atoms with Crippen molar-refractivity contribution in [1.29, 1.82) is 0 Å². The van der Waals surface area contributed by atoms with E-state index in [0.29, 0.717) is 5.92 Å². The van der Waals surface area contributed by atoms with Gasteiger partial charge in [-0.15, -0.1) is 0 Å². The molecule has 0 spiro atoms. The second-order valence-corrected chi connectivity index (χ2v) is 5.78. The van der Waals surface area contributed by atoms with E-state index in [1.807, 2.05) is 0 Å². The van der Waals surface area contributed by atoms with Gasteiger partial charge < -0.3 is 5.73 Å². The van der Waals surface area contributed by atoms with Crippen LogP contribution in [-0.4, -0.2) is 5.54 Å². The maximum atomic E-state index is 6.70. The molecule has 2 rings (SSSR count). The quantitative estimate of drug-likeness (QED) is 0.654. The van der Waals surface area contributed by atoms with Crippen molar-refractivity contribution in [3.05, 3.63) is 11.6 Å². The predicted molar refractivity (Wildman–Crippen MR) is 65.6 cm³/mol. The van der Waals surface area contributed by atoms with Crippen LogP contribution < -0.4 is 5.73 Å². The van der Waals surface area contributed by atoms with Gasteiger partial charge in [-0.05, 0) is 43.4 Å². The Morgan fingerprint density at radius 3 is 2.80 bits per heavy atom. The van der Waals surface area contributed by atoms with Crippen molar-refractivity contribution in [3.63, 3.8) is 0 Å². The molecule has 86 valence electrons. The fraction of sp³-hybridized carbons (Fsp3) is 0.857. The summed E-state index contributed by atoms with van der Waals surface area (Å²) in [6, 6.07) is 0. The van der Waals surface area contributed by atoms with Gasteiger partial charge in [0.25, 0.3) is 0 Å². The van der Waals surface area contributed by atoms with Crippen LogP contribution in [0, 0.1) is 17.8 Å². The Hall–Kier alpha value is -0.300. The molecule has 2 N–H and O–H groups in total. The molecule has 0 saturated heterocycles. The summed E-state index contributed by atoms with van der Waals surface area (Å²) in [6.45, 7) is 7.01. The number of fused-ring (bicyclic) bond motifs is 1. The summed E-state index contributed by atoms with van der Waals surface area (Å²) >= 11 is 0. The van der Waals surface area contributed by atoms with Crippen LogP contribution in [0.5, 0.6) is 0 Å². The highest BCUT2D eigenvalue weighted by molar-refractivity contribution is 5.27. The molecular formula is C14H25N. The summed E-state index contributed by atoms with van der Waals surface area (Å²) < 4.78 is 0. The van der Waals surface area contributed by atoms with Gasteiger partial charge in [0.1, 0.15) is 0 Å². The van der Waals surface area contributed by atoms with E-state index in [1.165, 1.54) is 32.1 Å². The highest BCUT2D eigenvalue weighted by Crippen LogP contribution is 2.47. The second-order valence-electron chi connectivity index (χ2n) is 5.78. The largest absolute Gasteiger partial charge is 0.321 e. The Bertz CT molecular complexity index is 269. The van der Waals surface area contributed by atoms with Crippen LogP contribution in [0.15, 0.2) is 11.6 Å². The van der Waals surface area contributed by atoms with Gasteiger partial charge in [0, 0.05) is 5.54 Å². The third kappa shape index (κ3) is 1.75. The minimum Gasteiger partial charge on any atom is -0.321 e. The van der Waals surface area contributed by atoms with Crippen molar-refractivity contribution in [1.82, 2.24) is 0 Å².